The SMILES string of the molecule is CC(C)c1nc(C(=O)N2CCOC3(CCN(CCC[S+]([O-])CCCCNC[C@H](O)c4ccc(O)c5[nH]c(=O)sc45)CC3)C2)cs1. The number of phenolic OH excluding ortho intramolecular Hbond substituents is 1. The van der Waals surface area contributed by atoms with Crippen LogP contribution in [0.15, 0.2) is 22.3 Å². The van der Waals surface area contributed by atoms with Gasteiger partial charge >= 0.3 is 4.87 Å². The fraction of sp³-hybridized carbons (Fsp3) is 0.645. The van der Waals surface area contributed by atoms with E-state index in [9.17, 15) is 24.4 Å². The summed E-state index contributed by atoms with van der Waals surface area (Å²) in [5, 5.41) is 26.7. The number of aromatic amines is 1. The van der Waals surface area contributed by atoms with Crippen molar-refractivity contribution in [2.45, 2.75) is 63.6 Å². The Labute approximate surface area is 275 Å². The number of thiazole rings is 2. The molecule has 14 heteroatoms. The van der Waals surface area contributed by atoms with Gasteiger partial charge in [0.2, 0.25) is 0 Å². The quantitative estimate of drug-likeness (QED) is 0.148. The molecule has 45 heavy (non-hydrogen) atoms. The van der Waals surface area contributed by atoms with Crippen molar-refractivity contribution in [1.29, 1.82) is 0 Å². The summed E-state index contributed by atoms with van der Waals surface area (Å²) < 4.78 is 19.4. The lowest BCUT2D eigenvalue weighted by molar-refractivity contribution is -0.127. The molecule has 11 nitrogen and oxygen atoms in total. The Kier molecular flexibility index (Phi) is 12.0. The number of likely N-dealkylation sites (tertiary alicyclic amines) is 1. The highest BCUT2D eigenvalue weighted by Crippen LogP contribution is 2.32. The Morgan fingerprint density at radius 1 is 1.22 bits per heavy atom. The lowest BCUT2D eigenvalue weighted by atomic mass is 9.89. The number of hydrogen-bond donors (Lipinski definition) is 4. The van der Waals surface area contributed by atoms with Gasteiger partial charge in [-0.15, -0.1) is 11.3 Å². The summed E-state index contributed by atoms with van der Waals surface area (Å²) in [6.45, 7) is 9.73. The second kappa shape index (κ2) is 15.7. The summed E-state index contributed by atoms with van der Waals surface area (Å²) >= 11 is 1.67. The van der Waals surface area contributed by atoms with Crippen molar-refractivity contribution in [3.05, 3.63) is 43.4 Å². The van der Waals surface area contributed by atoms with Crippen LogP contribution in [-0.4, -0.2) is 110 Å². The molecule has 1 unspecified atom stereocenters. The van der Waals surface area contributed by atoms with Gasteiger partial charge in [-0.2, -0.15) is 0 Å². The zero-order valence-corrected chi connectivity index (χ0v) is 28.5. The Balaban J connectivity index is 0.934. The van der Waals surface area contributed by atoms with Crippen LogP contribution in [0.25, 0.3) is 10.2 Å². The highest BCUT2D eigenvalue weighted by molar-refractivity contribution is 7.91. The Hall–Kier alpha value is -2.04. The van der Waals surface area contributed by atoms with E-state index < -0.39 is 17.3 Å². The molecule has 4 heterocycles. The molecule has 2 aliphatic rings. The summed E-state index contributed by atoms with van der Waals surface area (Å²) in [6, 6.07) is 3.13. The number of carbonyl (C=O) groups is 1. The van der Waals surface area contributed by atoms with Crippen molar-refractivity contribution >= 4 is 50.0 Å². The van der Waals surface area contributed by atoms with Crippen molar-refractivity contribution in [3.8, 4) is 5.75 Å². The number of piperidine rings is 1. The smallest absolute Gasteiger partial charge is 0.305 e. The number of fused-ring (bicyclic) bond motifs is 1. The molecule has 0 bridgehead atoms. The number of aliphatic hydroxyl groups excluding tert-OH is 1. The molecule has 1 aromatic carbocycles. The minimum Gasteiger partial charge on any atom is -0.616 e. The van der Waals surface area contributed by atoms with E-state index in [1.165, 1.54) is 6.07 Å². The fourth-order valence-corrected chi connectivity index (χ4v) is 8.94. The third-order valence-corrected chi connectivity index (χ3v) is 12.2. The van der Waals surface area contributed by atoms with Crippen LogP contribution in [0, 0.1) is 0 Å². The van der Waals surface area contributed by atoms with E-state index in [4.69, 9.17) is 4.74 Å². The van der Waals surface area contributed by atoms with Crippen LogP contribution in [0.5, 0.6) is 5.75 Å². The lowest BCUT2D eigenvalue weighted by Crippen LogP contribution is -2.58. The third kappa shape index (κ3) is 8.86. The number of benzene rings is 1. The maximum atomic E-state index is 13.1. The largest absolute Gasteiger partial charge is 0.616 e. The van der Waals surface area contributed by atoms with Gasteiger partial charge in [0, 0.05) is 56.0 Å². The number of morpholine rings is 1. The molecule has 5 rings (SSSR count). The van der Waals surface area contributed by atoms with Crippen molar-refractivity contribution in [2.24, 2.45) is 0 Å². The van der Waals surface area contributed by atoms with Gasteiger partial charge in [0.15, 0.2) is 0 Å². The Bertz CT molecular complexity index is 1470. The van der Waals surface area contributed by atoms with E-state index in [1.54, 1.807) is 17.4 Å². The monoisotopic (exact) mass is 679 g/mol. The number of aromatic nitrogens is 2. The van der Waals surface area contributed by atoms with Crippen LogP contribution in [0.4, 0.5) is 0 Å². The van der Waals surface area contributed by atoms with E-state index in [1.807, 2.05) is 10.3 Å². The fourth-order valence-electron chi connectivity index (χ4n) is 6.03. The maximum absolute atomic E-state index is 13.1. The summed E-state index contributed by atoms with van der Waals surface area (Å²) in [5.74, 6) is 1.67. The van der Waals surface area contributed by atoms with E-state index in [2.05, 4.69) is 34.0 Å². The number of H-pyrrole nitrogens is 1. The van der Waals surface area contributed by atoms with Crippen LogP contribution < -0.4 is 10.2 Å². The zero-order valence-electron chi connectivity index (χ0n) is 26.1. The first-order chi connectivity index (χ1) is 21.6. The molecule has 3 aromatic rings. The van der Waals surface area contributed by atoms with Gasteiger partial charge in [0.25, 0.3) is 5.91 Å². The number of rotatable bonds is 14. The average Bonchev–Trinajstić information content (AvgIpc) is 3.68. The Morgan fingerprint density at radius 2 is 2.00 bits per heavy atom. The van der Waals surface area contributed by atoms with Crippen molar-refractivity contribution < 1.29 is 24.3 Å². The average molecular weight is 680 g/mol. The molecule has 0 saturated carbocycles. The van der Waals surface area contributed by atoms with Gasteiger partial charge < -0.3 is 39.6 Å². The van der Waals surface area contributed by atoms with Crippen LogP contribution in [0.1, 0.15) is 79.0 Å². The van der Waals surface area contributed by atoms with Crippen molar-refractivity contribution in [3.63, 3.8) is 0 Å². The van der Waals surface area contributed by atoms with Gasteiger partial charge in [0.05, 0.1) is 34.6 Å². The van der Waals surface area contributed by atoms with Crippen molar-refractivity contribution in [1.82, 2.24) is 25.1 Å². The number of phenols is 1. The number of amides is 1. The Morgan fingerprint density at radius 3 is 2.76 bits per heavy atom. The van der Waals surface area contributed by atoms with Gasteiger partial charge in [0.1, 0.15) is 28.5 Å². The van der Waals surface area contributed by atoms with Crippen molar-refractivity contribution in [2.75, 3.05) is 63.9 Å². The first-order valence-corrected chi connectivity index (χ1v) is 19.0. The van der Waals surface area contributed by atoms with Crippen LogP contribution in [0.3, 0.4) is 0 Å². The minimum absolute atomic E-state index is 0.00625. The van der Waals surface area contributed by atoms with E-state index in [-0.39, 0.29) is 22.1 Å². The molecule has 0 aliphatic carbocycles. The summed E-state index contributed by atoms with van der Waals surface area (Å²) in [6.07, 6.45) is 3.57. The molecule has 2 fully saturated rings. The normalized spacial score (nSPS) is 18.6. The number of nitrogens with zero attached hydrogens (tertiary/aromatic N) is 3. The summed E-state index contributed by atoms with van der Waals surface area (Å²) in [4.78, 5) is 36.1. The number of unbranched alkanes of at least 4 members (excludes halogenated alkanes) is 1. The predicted octanol–water partition coefficient (Wildman–Crippen LogP) is 3.42. The lowest BCUT2D eigenvalue weighted by Gasteiger charge is -2.47. The van der Waals surface area contributed by atoms with Crippen LogP contribution in [-0.2, 0) is 15.9 Å². The number of nitrogens with one attached hydrogen (secondary N) is 2. The van der Waals surface area contributed by atoms with E-state index in [0.717, 1.165) is 68.1 Å². The number of aromatic hydroxyl groups is 1. The third-order valence-electron chi connectivity index (χ3n) is 8.64. The molecule has 2 saturated heterocycles. The standard InChI is InChI=1S/C31H45N5O6S3/c1-21(2)28-33-23(19-43-28)29(39)36-14-15-42-31(20-36)8-12-35(13-9-31)11-5-17-45(41)16-4-3-10-32-18-25(38)22-6-7-24(37)26-27(22)44-30(40)34-26/h6-7,19,21,25,32,37-38H,3-5,8-18,20H2,1-2H3,(H,34,40)/t25-,45?/m0/s1. The molecule has 1 amide bonds. The molecule has 4 N–H and O–H groups in total. The second-order valence-electron chi connectivity index (χ2n) is 12.3. The predicted molar refractivity (Wildman–Crippen MR) is 180 cm³/mol. The number of aliphatic hydroxyl groups is 1. The van der Waals surface area contributed by atoms with Crippen LogP contribution >= 0.6 is 22.7 Å². The number of hydrogen-bond acceptors (Lipinski definition) is 11. The molecule has 248 valence electrons. The summed E-state index contributed by atoms with van der Waals surface area (Å²) in [5.41, 5.74) is 1.23. The highest BCUT2D eigenvalue weighted by atomic mass is 32.2. The van der Waals surface area contributed by atoms with E-state index in [0.29, 0.717) is 71.7 Å². The van der Waals surface area contributed by atoms with E-state index >= 15 is 0 Å². The molecule has 1 spiro atoms. The van der Waals surface area contributed by atoms with Gasteiger partial charge in [-0.3, -0.25) is 9.59 Å². The first kappa shape index (κ1) is 34.3. The minimum atomic E-state index is -0.858. The topological polar surface area (TPSA) is 154 Å². The highest BCUT2D eigenvalue weighted by Gasteiger charge is 2.41. The molecular weight excluding hydrogens is 635 g/mol. The molecule has 2 atom stereocenters. The molecule has 2 aliphatic heterocycles. The van der Waals surface area contributed by atoms with Gasteiger partial charge in [-0.1, -0.05) is 42.4 Å². The molecular formula is C31H45N5O6S3. The maximum Gasteiger partial charge on any atom is 0.305 e. The second-order valence-corrected chi connectivity index (χ2v) is 15.9. The zero-order chi connectivity index (χ0) is 32.0. The summed E-state index contributed by atoms with van der Waals surface area (Å²) in [7, 11) is 0. The number of carbonyl (C=O) groups excluding carboxylic acids is 1. The van der Waals surface area contributed by atoms with Gasteiger partial charge in [-0.25, -0.2) is 4.98 Å². The first-order valence-electron chi connectivity index (χ1n) is 15.8. The van der Waals surface area contributed by atoms with Crippen LogP contribution in [0.2, 0.25) is 0 Å². The molecule has 0 radical (unpaired) electrons. The number of ether oxygens (including phenoxy) is 1. The molecule has 2 aromatic heterocycles. The van der Waals surface area contributed by atoms with Gasteiger partial charge in [-0.05, 0) is 38.3 Å².